The number of piperazine rings is 1. The van der Waals surface area contributed by atoms with Crippen LogP contribution in [0.5, 0.6) is 0 Å². The maximum absolute atomic E-state index is 12.4. The third kappa shape index (κ3) is 3.09. The van der Waals surface area contributed by atoms with Crippen molar-refractivity contribution in [3.05, 3.63) is 32.7 Å². The first kappa shape index (κ1) is 13.1. The van der Waals surface area contributed by atoms with E-state index in [1.54, 1.807) is 0 Å². The molecule has 0 radical (unpaired) electrons. The molecule has 17 heavy (non-hydrogen) atoms. The summed E-state index contributed by atoms with van der Waals surface area (Å²) in [6.07, 6.45) is 0. The SMILES string of the molecule is CC1CN(C(=O)c2cc(Br)ccc2Br)CCN1. The molecule has 1 heterocycles. The molecule has 1 N–H and O–H groups in total. The lowest BCUT2D eigenvalue weighted by Gasteiger charge is -2.32. The number of amides is 1. The van der Waals surface area contributed by atoms with Crippen molar-refractivity contribution in [3.63, 3.8) is 0 Å². The monoisotopic (exact) mass is 360 g/mol. The van der Waals surface area contributed by atoms with E-state index in [-0.39, 0.29) is 5.91 Å². The molecule has 1 aromatic rings. The standard InChI is InChI=1S/C12H14Br2N2O/c1-8-7-16(5-4-15-8)12(17)10-6-9(13)2-3-11(10)14/h2-3,6,8,15H,4-5,7H2,1H3. The number of halogens is 2. The van der Waals surface area contributed by atoms with Crippen LogP contribution in [0.2, 0.25) is 0 Å². The van der Waals surface area contributed by atoms with Gasteiger partial charge in [-0.1, -0.05) is 15.9 Å². The zero-order valence-corrected chi connectivity index (χ0v) is 12.7. The molecule has 92 valence electrons. The van der Waals surface area contributed by atoms with Crippen LogP contribution in [0.25, 0.3) is 0 Å². The van der Waals surface area contributed by atoms with Gasteiger partial charge in [-0.3, -0.25) is 4.79 Å². The molecular weight excluding hydrogens is 348 g/mol. The van der Waals surface area contributed by atoms with E-state index >= 15 is 0 Å². The number of benzene rings is 1. The second-order valence-corrected chi connectivity index (χ2v) is 6.00. The Morgan fingerprint density at radius 3 is 2.94 bits per heavy atom. The number of hydrogen-bond acceptors (Lipinski definition) is 2. The summed E-state index contributed by atoms with van der Waals surface area (Å²) in [7, 11) is 0. The minimum Gasteiger partial charge on any atom is -0.336 e. The van der Waals surface area contributed by atoms with Crippen molar-refractivity contribution in [3.8, 4) is 0 Å². The number of carbonyl (C=O) groups is 1. The smallest absolute Gasteiger partial charge is 0.255 e. The Kier molecular flexibility index (Phi) is 4.22. The van der Waals surface area contributed by atoms with Crippen LogP contribution in [0.3, 0.4) is 0 Å². The maximum atomic E-state index is 12.4. The van der Waals surface area contributed by atoms with Gasteiger partial charge in [0.2, 0.25) is 0 Å². The molecule has 2 rings (SSSR count). The first-order valence-corrected chi connectivity index (χ1v) is 7.14. The first-order valence-electron chi connectivity index (χ1n) is 5.55. The highest BCUT2D eigenvalue weighted by Crippen LogP contribution is 2.23. The molecular formula is C12H14Br2N2O. The molecule has 3 nitrogen and oxygen atoms in total. The summed E-state index contributed by atoms with van der Waals surface area (Å²) in [6, 6.07) is 6.03. The molecule has 0 saturated carbocycles. The van der Waals surface area contributed by atoms with Crippen LogP contribution >= 0.6 is 31.9 Å². The Bertz CT molecular complexity index is 437. The molecule has 0 aromatic heterocycles. The number of nitrogens with zero attached hydrogens (tertiary/aromatic N) is 1. The molecule has 1 aromatic carbocycles. The zero-order chi connectivity index (χ0) is 12.4. The summed E-state index contributed by atoms with van der Waals surface area (Å²) in [5, 5.41) is 3.33. The summed E-state index contributed by atoms with van der Waals surface area (Å²) in [4.78, 5) is 14.3. The van der Waals surface area contributed by atoms with Crippen molar-refractivity contribution in [2.75, 3.05) is 19.6 Å². The lowest BCUT2D eigenvalue weighted by atomic mass is 10.1. The summed E-state index contributed by atoms with van der Waals surface area (Å²) >= 11 is 6.83. The van der Waals surface area contributed by atoms with Gasteiger partial charge in [0.25, 0.3) is 5.91 Å². The van der Waals surface area contributed by atoms with E-state index < -0.39 is 0 Å². The molecule has 1 atom stereocenters. The van der Waals surface area contributed by atoms with Crippen molar-refractivity contribution in [1.82, 2.24) is 10.2 Å². The van der Waals surface area contributed by atoms with E-state index in [1.165, 1.54) is 0 Å². The zero-order valence-electron chi connectivity index (χ0n) is 9.54. The van der Waals surface area contributed by atoms with Gasteiger partial charge in [0.15, 0.2) is 0 Å². The Labute approximate surface area is 118 Å². The first-order chi connectivity index (χ1) is 8.08. The molecule has 1 saturated heterocycles. The Hall–Kier alpha value is -0.390. The van der Waals surface area contributed by atoms with Crippen LogP contribution in [0.4, 0.5) is 0 Å². The van der Waals surface area contributed by atoms with Crippen molar-refractivity contribution >= 4 is 37.8 Å². The molecule has 1 fully saturated rings. The summed E-state index contributed by atoms with van der Waals surface area (Å²) < 4.78 is 1.77. The van der Waals surface area contributed by atoms with E-state index in [9.17, 15) is 4.79 Å². The van der Waals surface area contributed by atoms with Crippen molar-refractivity contribution < 1.29 is 4.79 Å². The minimum absolute atomic E-state index is 0.0894. The highest BCUT2D eigenvalue weighted by atomic mass is 79.9. The van der Waals surface area contributed by atoms with Crippen molar-refractivity contribution in [2.24, 2.45) is 0 Å². The van der Waals surface area contributed by atoms with Crippen LogP contribution in [0.15, 0.2) is 27.1 Å². The van der Waals surface area contributed by atoms with Crippen LogP contribution in [0.1, 0.15) is 17.3 Å². The number of carbonyl (C=O) groups excluding carboxylic acids is 1. The highest BCUT2D eigenvalue weighted by molar-refractivity contribution is 9.11. The fraction of sp³-hybridized carbons (Fsp3) is 0.417. The van der Waals surface area contributed by atoms with Gasteiger partial charge in [-0.25, -0.2) is 0 Å². The van der Waals surface area contributed by atoms with E-state index in [4.69, 9.17) is 0 Å². The normalized spacial score (nSPS) is 20.4. The van der Waals surface area contributed by atoms with Crippen LogP contribution < -0.4 is 5.32 Å². The Balaban J connectivity index is 2.21. The second-order valence-electron chi connectivity index (χ2n) is 4.23. The van der Waals surface area contributed by atoms with Gasteiger partial charge in [0.05, 0.1) is 5.56 Å². The van der Waals surface area contributed by atoms with Gasteiger partial charge in [0, 0.05) is 34.6 Å². The van der Waals surface area contributed by atoms with Crippen molar-refractivity contribution in [1.29, 1.82) is 0 Å². The number of rotatable bonds is 1. The van der Waals surface area contributed by atoms with Crippen LogP contribution in [0, 0.1) is 0 Å². The van der Waals surface area contributed by atoms with E-state index in [0.29, 0.717) is 11.6 Å². The average Bonchev–Trinajstić information content (AvgIpc) is 2.31. The van der Waals surface area contributed by atoms with Gasteiger partial charge in [-0.15, -0.1) is 0 Å². The molecule has 1 aliphatic rings. The molecule has 1 aliphatic heterocycles. The summed E-state index contributed by atoms with van der Waals surface area (Å²) in [5.41, 5.74) is 0.716. The summed E-state index contributed by atoms with van der Waals surface area (Å²) in [5.74, 6) is 0.0894. The lowest BCUT2D eigenvalue weighted by molar-refractivity contribution is 0.0708. The number of nitrogens with one attached hydrogen (secondary N) is 1. The number of hydrogen-bond donors (Lipinski definition) is 1. The van der Waals surface area contributed by atoms with Gasteiger partial charge in [-0.2, -0.15) is 0 Å². The topological polar surface area (TPSA) is 32.3 Å². The lowest BCUT2D eigenvalue weighted by Crippen LogP contribution is -2.51. The second kappa shape index (κ2) is 5.50. The maximum Gasteiger partial charge on any atom is 0.255 e. The Morgan fingerprint density at radius 1 is 1.47 bits per heavy atom. The average molecular weight is 362 g/mol. The largest absolute Gasteiger partial charge is 0.336 e. The van der Waals surface area contributed by atoms with E-state index in [0.717, 1.165) is 28.6 Å². The molecule has 1 amide bonds. The van der Waals surface area contributed by atoms with Gasteiger partial charge >= 0.3 is 0 Å². The van der Waals surface area contributed by atoms with Crippen LogP contribution in [-0.4, -0.2) is 36.5 Å². The third-order valence-corrected chi connectivity index (χ3v) is 4.00. The van der Waals surface area contributed by atoms with Gasteiger partial charge in [0.1, 0.15) is 0 Å². The predicted octanol–water partition coefficient (Wildman–Crippen LogP) is 2.65. The van der Waals surface area contributed by atoms with Gasteiger partial charge < -0.3 is 10.2 Å². The molecule has 0 bridgehead atoms. The van der Waals surface area contributed by atoms with E-state index in [1.807, 2.05) is 23.1 Å². The minimum atomic E-state index is 0.0894. The van der Waals surface area contributed by atoms with Crippen LogP contribution in [-0.2, 0) is 0 Å². The molecule has 1 unspecified atom stereocenters. The van der Waals surface area contributed by atoms with E-state index in [2.05, 4.69) is 44.1 Å². The molecule has 5 heteroatoms. The summed E-state index contributed by atoms with van der Waals surface area (Å²) in [6.45, 7) is 4.48. The molecule has 0 spiro atoms. The predicted molar refractivity (Wildman–Crippen MR) is 75.2 cm³/mol. The molecule has 0 aliphatic carbocycles. The fourth-order valence-electron chi connectivity index (χ4n) is 1.95. The third-order valence-electron chi connectivity index (χ3n) is 2.81. The van der Waals surface area contributed by atoms with Crippen molar-refractivity contribution in [2.45, 2.75) is 13.0 Å². The van der Waals surface area contributed by atoms with Gasteiger partial charge in [-0.05, 0) is 41.1 Å². The Morgan fingerprint density at radius 2 is 2.24 bits per heavy atom. The highest BCUT2D eigenvalue weighted by Gasteiger charge is 2.23. The quantitative estimate of drug-likeness (QED) is 0.833. The fourth-order valence-corrected chi connectivity index (χ4v) is 2.73.